The molecule has 0 unspecified atom stereocenters. The Morgan fingerprint density at radius 2 is 1.40 bits per heavy atom. The minimum atomic E-state index is -0.901. The van der Waals surface area contributed by atoms with Gasteiger partial charge in [0.2, 0.25) is 0 Å². The minimum absolute atomic E-state index is 0. The van der Waals surface area contributed by atoms with Crippen molar-refractivity contribution in [3.05, 3.63) is 107 Å². The molecule has 0 aromatic carbocycles. The number of nitrogens with zero attached hydrogens (tertiary/aromatic N) is 5. The summed E-state index contributed by atoms with van der Waals surface area (Å²) < 4.78 is 11.2. The van der Waals surface area contributed by atoms with Crippen molar-refractivity contribution < 1.29 is 67.9 Å². The Hall–Kier alpha value is -5.07. The maximum Gasteiger partial charge on any atom is 2.00 e. The Morgan fingerprint density at radius 3 is 2.07 bits per heavy atom. The molecule has 0 saturated heterocycles. The van der Waals surface area contributed by atoms with Crippen LogP contribution >= 0.6 is 0 Å². The van der Waals surface area contributed by atoms with Gasteiger partial charge in [-0.1, -0.05) is 72.3 Å². The molecule has 3 aromatic heterocycles. The summed E-state index contributed by atoms with van der Waals surface area (Å²) in [5, 5.41) is 9.62. The number of hydrogen-bond acceptors (Lipinski definition) is 8. The largest absolute Gasteiger partial charge is 2.00 e. The van der Waals surface area contributed by atoms with Gasteiger partial charge in [-0.25, -0.2) is 9.97 Å². The first-order valence-electron chi connectivity index (χ1n) is 19.4. The number of fused-ring (bicyclic) bond motifs is 8. The van der Waals surface area contributed by atoms with E-state index in [4.69, 9.17) is 29.4 Å². The molecule has 316 valence electrons. The smallest absolute Gasteiger partial charge is 0.657 e. The van der Waals surface area contributed by atoms with E-state index in [1.54, 1.807) is 12.2 Å². The van der Waals surface area contributed by atoms with E-state index < -0.39 is 11.9 Å². The molecule has 3 aliphatic heterocycles. The van der Waals surface area contributed by atoms with Crippen molar-refractivity contribution in [1.29, 1.82) is 0 Å². The summed E-state index contributed by atoms with van der Waals surface area (Å²) >= 11 is 0. The minimum Gasteiger partial charge on any atom is -0.657 e. The molecule has 0 aliphatic carbocycles. The van der Waals surface area contributed by atoms with Gasteiger partial charge in [-0.15, -0.1) is 27.6 Å². The number of carbonyl (C=O) groups excluding carboxylic acids is 3. The van der Waals surface area contributed by atoms with E-state index in [-0.39, 0.29) is 77.4 Å². The molecular weight excluding hydrogens is 846 g/mol. The van der Waals surface area contributed by atoms with Crippen LogP contribution in [0.5, 0.6) is 0 Å². The van der Waals surface area contributed by atoms with E-state index in [1.807, 2.05) is 52.0 Å². The van der Waals surface area contributed by atoms with E-state index in [0.29, 0.717) is 67.9 Å². The van der Waals surface area contributed by atoms with Crippen LogP contribution in [0.3, 0.4) is 0 Å². The van der Waals surface area contributed by atoms with Gasteiger partial charge in [-0.05, 0) is 69.2 Å². The number of hydrogen-bond donors (Lipinski definition) is 1. The second-order valence-electron chi connectivity index (χ2n) is 14.5. The second-order valence-corrected chi connectivity index (χ2v) is 14.5. The van der Waals surface area contributed by atoms with Crippen LogP contribution in [0.1, 0.15) is 91.0 Å². The number of rotatable bonds is 18. The van der Waals surface area contributed by atoms with Crippen LogP contribution < -0.4 is 9.97 Å². The van der Waals surface area contributed by atoms with Crippen molar-refractivity contribution in [2.24, 2.45) is 0 Å². The van der Waals surface area contributed by atoms with Crippen molar-refractivity contribution in [1.82, 2.24) is 24.8 Å². The van der Waals surface area contributed by atoms with Crippen molar-refractivity contribution in [3.8, 4) is 0 Å². The number of aryl methyl sites for hydroxylation is 3. The summed E-state index contributed by atoms with van der Waals surface area (Å²) in [6.45, 7) is 21.0. The van der Waals surface area contributed by atoms with Crippen LogP contribution in [0.4, 0.5) is 0 Å². The molecule has 14 heteroatoms. The molecule has 8 bridgehead atoms. The number of amides is 2. The molecule has 0 radical (unpaired) electrons. The first-order chi connectivity index (χ1) is 27.8. The van der Waals surface area contributed by atoms with Crippen LogP contribution in [0.15, 0.2) is 55.1 Å². The first-order valence-corrected chi connectivity index (χ1v) is 19.4. The normalized spacial score (nSPS) is 13.7. The summed E-state index contributed by atoms with van der Waals surface area (Å²) in [7, 11) is 0. The van der Waals surface area contributed by atoms with E-state index in [9.17, 15) is 24.3 Å². The van der Waals surface area contributed by atoms with E-state index in [1.165, 1.54) is 6.08 Å². The molecule has 0 atom stereocenters. The maximum absolute atomic E-state index is 13.2. The first kappa shape index (κ1) is 47.6. The fourth-order valence-electron chi connectivity index (χ4n) is 7.39. The molecule has 0 fully saturated rings. The molecule has 2 amide bonds. The van der Waals surface area contributed by atoms with Gasteiger partial charge in [0.1, 0.15) is 11.7 Å². The molecule has 0 spiro atoms. The summed E-state index contributed by atoms with van der Waals surface area (Å²) in [5.41, 5.74) is 13.1. The zero-order valence-electron chi connectivity index (χ0n) is 34.3. The molecular formula is C46H48Fe2N5O7-. The average Bonchev–Trinajstić information content (AvgIpc) is 3.91. The van der Waals surface area contributed by atoms with Crippen molar-refractivity contribution >= 4 is 74.0 Å². The molecule has 0 saturated carbocycles. The number of imide groups is 1. The predicted molar refractivity (Wildman–Crippen MR) is 225 cm³/mol. The topological polar surface area (TPSA) is 164 Å². The number of allylic oxidation sites excluding steroid dienone is 5. The Labute approximate surface area is 371 Å². The molecule has 60 heavy (non-hydrogen) atoms. The Morgan fingerprint density at radius 1 is 0.783 bits per heavy atom. The van der Waals surface area contributed by atoms with Gasteiger partial charge in [0, 0.05) is 55.1 Å². The van der Waals surface area contributed by atoms with Gasteiger partial charge < -0.3 is 34.2 Å². The fraction of sp³-hybridized carbons (Fsp3) is 0.326. The van der Waals surface area contributed by atoms with Gasteiger partial charge in [-0.2, -0.15) is 6.92 Å². The standard InChI is InChI=1S/C46H50N5O7.2Fe/c1-8-32-27(4)36-22-37-29(6)34(13-12-31(52)11-10-17-57-19-20-58-18-16-51-44(53)21-26(3)46(51)56)42(49-37)25-43-35(14-15-45(54)55)30(7)39(50-43)24-41-33(9-2)28(5)38(48-41)23-40(32)47-36;;/h8-9,21-25H,1-3,10-20H2,4-7H3,(H3,47,48,49,50,53,54,55,56);;/q-1;;+2/p-2. The number of ether oxygens (including phenoxy) is 2. The maximum atomic E-state index is 13.2. The summed E-state index contributed by atoms with van der Waals surface area (Å²) in [5.74, 6) is -1.60. The Kier molecular flexibility index (Phi) is 16.6. The number of carbonyl (C=O) groups is 4. The molecule has 1 N–H and O–H groups in total. The molecule has 12 nitrogen and oxygen atoms in total. The average molecular weight is 895 g/mol. The van der Waals surface area contributed by atoms with E-state index in [0.717, 1.165) is 71.9 Å². The van der Waals surface area contributed by atoms with Crippen LogP contribution in [0.2, 0.25) is 0 Å². The number of ketones is 1. The zero-order chi connectivity index (χ0) is 41.7. The van der Waals surface area contributed by atoms with Crippen molar-refractivity contribution in [3.63, 3.8) is 0 Å². The zero-order valence-corrected chi connectivity index (χ0v) is 36.5. The van der Waals surface area contributed by atoms with E-state index in [2.05, 4.69) is 20.1 Å². The van der Waals surface area contributed by atoms with Crippen molar-refractivity contribution in [2.45, 2.75) is 66.2 Å². The predicted octanol–water partition coefficient (Wildman–Crippen LogP) is 7.18. The summed E-state index contributed by atoms with van der Waals surface area (Å²) in [4.78, 5) is 69.8. The van der Waals surface area contributed by atoms with Gasteiger partial charge in [0.25, 0.3) is 0 Å². The number of carboxylic acids is 1. The van der Waals surface area contributed by atoms with Crippen LogP contribution in [0, 0.1) is 20.8 Å². The summed E-state index contributed by atoms with van der Waals surface area (Å²) in [6, 6.07) is 7.76. The fourth-order valence-corrected chi connectivity index (χ4v) is 7.39. The monoisotopic (exact) mass is 894 g/mol. The van der Waals surface area contributed by atoms with Gasteiger partial charge in [0.05, 0.1) is 42.6 Å². The molecule has 6 rings (SSSR count). The van der Waals surface area contributed by atoms with Crippen molar-refractivity contribution in [2.75, 3.05) is 33.0 Å². The Balaban J connectivity index is 0.00000397. The summed E-state index contributed by atoms with van der Waals surface area (Å²) in [6.07, 6.45) is 6.68. The van der Waals surface area contributed by atoms with Gasteiger partial charge in [0.15, 0.2) is 5.91 Å². The Bertz CT molecular complexity index is 2490. The SMILES string of the molecule is C=CC1=C(C)c2cc3[n-]c(cc4nc(cc5[n-]c(cc1n2)c(C)c5C=C)C(C)=C4CCC(=O)O)c(CCC(=O)CCCOCCOCCN1C(=O)C=C([CH2-])C1=O)c3C.[Fe+2].[Fe]. The molecule has 6 heterocycles. The third kappa shape index (κ3) is 10.4. The third-order valence-corrected chi connectivity index (χ3v) is 10.8. The number of carboxylic acid groups (broad SMARTS) is 1. The van der Waals surface area contributed by atoms with Crippen LogP contribution in [-0.4, -0.2) is 76.5 Å². The quantitative estimate of drug-likeness (QED) is 0.0595. The van der Waals surface area contributed by atoms with Crippen LogP contribution in [-0.2, 0) is 69.2 Å². The van der Waals surface area contributed by atoms with Gasteiger partial charge >= 0.3 is 23.0 Å². The van der Waals surface area contributed by atoms with E-state index >= 15 is 0 Å². The van der Waals surface area contributed by atoms with Crippen LogP contribution in [0.25, 0.3) is 50.4 Å². The number of aliphatic carboxylic acids is 1. The van der Waals surface area contributed by atoms with Gasteiger partial charge in [-0.3, -0.25) is 14.4 Å². The molecule has 3 aromatic rings. The third-order valence-electron chi connectivity index (χ3n) is 10.8. The number of Topliss-reactive ketones (excluding diaryl/α,β-unsaturated/α-hetero) is 1. The molecule has 3 aliphatic rings. The number of aromatic nitrogens is 4. The second kappa shape index (κ2) is 20.9.